The summed E-state index contributed by atoms with van der Waals surface area (Å²) in [6.07, 6.45) is 0. The molecule has 7 heteroatoms. The number of amides is 1. The van der Waals surface area contributed by atoms with Crippen LogP contribution in [0.3, 0.4) is 0 Å². The topological polar surface area (TPSA) is 85.4 Å². The molecule has 0 unspecified atom stereocenters. The second-order valence-electron chi connectivity index (χ2n) is 7.04. The molecule has 148 valence electrons. The van der Waals surface area contributed by atoms with E-state index in [0.29, 0.717) is 29.8 Å². The average Bonchev–Trinajstić information content (AvgIpc) is 3.21. The van der Waals surface area contributed by atoms with Gasteiger partial charge in [-0.25, -0.2) is 0 Å². The minimum atomic E-state index is -0.288. The Morgan fingerprint density at radius 3 is 2.66 bits per heavy atom. The number of hydrogen-bond acceptors (Lipinski definition) is 6. The Bertz CT molecular complexity index is 1020. The van der Waals surface area contributed by atoms with Crippen LogP contribution in [0.5, 0.6) is 11.5 Å². The van der Waals surface area contributed by atoms with Gasteiger partial charge in [-0.1, -0.05) is 38.1 Å². The number of anilines is 2. The molecule has 0 saturated carbocycles. The standard InChI is InChI=1S/C22H22N4O3/c1-14(2)16-5-3-4-6-17(16)24-21-10-8-18(25-26-21)22(27)23-12-15-7-9-19-20(11-15)29-13-28-19/h3-11,14H,12-13H2,1-2H3,(H,23,27)(H,24,26). The third-order valence-electron chi connectivity index (χ3n) is 4.63. The molecular formula is C22H22N4O3. The molecule has 0 fully saturated rings. The molecule has 1 aromatic heterocycles. The van der Waals surface area contributed by atoms with Gasteiger partial charge in [0.05, 0.1) is 0 Å². The van der Waals surface area contributed by atoms with Gasteiger partial charge in [-0.05, 0) is 47.4 Å². The largest absolute Gasteiger partial charge is 0.454 e. The van der Waals surface area contributed by atoms with Crippen LogP contribution in [-0.4, -0.2) is 22.9 Å². The van der Waals surface area contributed by atoms with Gasteiger partial charge in [-0.2, -0.15) is 0 Å². The van der Waals surface area contributed by atoms with E-state index < -0.39 is 0 Å². The first-order valence-electron chi connectivity index (χ1n) is 9.46. The van der Waals surface area contributed by atoms with Crippen molar-refractivity contribution < 1.29 is 14.3 Å². The number of para-hydroxylation sites is 1. The van der Waals surface area contributed by atoms with E-state index in [4.69, 9.17) is 9.47 Å². The Morgan fingerprint density at radius 2 is 1.86 bits per heavy atom. The fourth-order valence-electron chi connectivity index (χ4n) is 3.10. The van der Waals surface area contributed by atoms with Crippen LogP contribution in [0.1, 0.15) is 41.4 Å². The Hall–Kier alpha value is -3.61. The summed E-state index contributed by atoms with van der Waals surface area (Å²) >= 11 is 0. The molecule has 29 heavy (non-hydrogen) atoms. The van der Waals surface area contributed by atoms with Crippen molar-refractivity contribution in [3.05, 3.63) is 71.4 Å². The molecule has 2 heterocycles. The highest BCUT2D eigenvalue weighted by atomic mass is 16.7. The normalized spacial score (nSPS) is 12.1. The first-order chi connectivity index (χ1) is 14.1. The lowest BCUT2D eigenvalue weighted by atomic mass is 10.0. The monoisotopic (exact) mass is 390 g/mol. The lowest BCUT2D eigenvalue weighted by Gasteiger charge is -2.13. The van der Waals surface area contributed by atoms with Crippen molar-refractivity contribution in [2.45, 2.75) is 26.3 Å². The predicted molar refractivity (Wildman–Crippen MR) is 110 cm³/mol. The maximum absolute atomic E-state index is 12.4. The molecule has 1 aliphatic rings. The van der Waals surface area contributed by atoms with Crippen molar-refractivity contribution in [2.75, 3.05) is 12.1 Å². The predicted octanol–water partition coefficient (Wildman–Crippen LogP) is 4.00. The maximum Gasteiger partial charge on any atom is 0.272 e. The van der Waals surface area contributed by atoms with Gasteiger partial charge >= 0.3 is 0 Å². The molecule has 0 aliphatic carbocycles. The van der Waals surface area contributed by atoms with Gasteiger partial charge in [0.15, 0.2) is 23.0 Å². The highest BCUT2D eigenvalue weighted by Gasteiger charge is 2.14. The average molecular weight is 390 g/mol. The lowest BCUT2D eigenvalue weighted by molar-refractivity contribution is 0.0945. The van der Waals surface area contributed by atoms with Gasteiger partial charge in [0.1, 0.15) is 0 Å². The number of aromatic nitrogens is 2. The van der Waals surface area contributed by atoms with Gasteiger partial charge in [-0.3, -0.25) is 4.79 Å². The maximum atomic E-state index is 12.4. The third-order valence-corrected chi connectivity index (χ3v) is 4.63. The zero-order valence-electron chi connectivity index (χ0n) is 16.3. The van der Waals surface area contributed by atoms with Gasteiger partial charge < -0.3 is 20.1 Å². The van der Waals surface area contributed by atoms with Crippen molar-refractivity contribution >= 4 is 17.4 Å². The van der Waals surface area contributed by atoms with Crippen molar-refractivity contribution in [1.29, 1.82) is 0 Å². The molecule has 1 amide bonds. The summed E-state index contributed by atoms with van der Waals surface area (Å²) in [6, 6.07) is 17.0. The highest BCUT2D eigenvalue weighted by Crippen LogP contribution is 2.32. The molecule has 2 N–H and O–H groups in total. The summed E-state index contributed by atoms with van der Waals surface area (Å²) in [7, 11) is 0. The van der Waals surface area contributed by atoms with E-state index in [9.17, 15) is 4.79 Å². The molecule has 0 spiro atoms. The highest BCUT2D eigenvalue weighted by molar-refractivity contribution is 5.92. The number of ether oxygens (including phenoxy) is 2. The molecule has 4 rings (SSSR count). The zero-order chi connectivity index (χ0) is 20.2. The quantitative estimate of drug-likeness (QED) is 0.662. The van der Waals surface area contributed by atoms with E-state index in [0.717, 1.165) is 11.3 Å². The minimum absolute atomic E-state index is 0.225. The fraction of sp³-hybridized carbons (Fsp3) is 0.227. The van der Waals surface area contributed by atoms with E-state index in [1.807, 2.05) is 36.4 Å². The summed E-state index contributed by atoms with van der Waals surface area (Å²) in [5, 5.41) is 14.3. The Morgan fingerprint density at radius 1 is 1.03 bits per heavy atom. The number of carbonyl (C=O) groups excluding carboxylic acids is 1. The van der Waals surface area contributed by atoms with Crippen LogP contribution in [0, 0.1) is 0 Å². The number of benzene rings is 2. The van der Waals surface area contributed by atoms with Gasteiger partial charge in [-0.15, -0.1) is 10.2 Å². The summed E-state index contributed by atoms with van der Waals surface area (Å²) in [4.78, 5) is 12.4. The van der Waals surface area contributed by atoms with Crippen LogP contribution in [0.4, 0.5) is 11.5 Å². The molecule has 1 aliphatic heterocycles. The van der Waals surface area contributed by atoms with Crippen molar-refractivity contribution in [3.63, 3.8) is 0 Å². The Labute approximate surface area is 169 Å². The fourth-order valence-corrected chi connectivity index (χ4v) is 3.10. The van der Waals surface area contributed by atoms with Gasteiger partial charge in [0.2, 0.25) is 6.79 Å². The third kappa shape index (κ3) is 4.29. The Balaban J connectivity index is 1.38. The number of nitrogens with one attached hydrogen (secondary N) is 2. The first-order valence-corrected chi connectivity index (χ1v) is 9.46. The number of nitrogens with zero attached hydrogens (tertiary/aromatic N) is 2. The minimum Gasteiger partial charge on any atom is -0.454 e. The first kappa shape index (κ1) is 18.7. The van der Waals surface area contributed by atoms with Crippen LogP contribution in [-0.2, 0) is 6.54 Å². The van der Waals surface area contributed by atoms with Gasteiger partial charge in [0, 0.05) is 12.2 Å². The number of rotatable bonds is 6. The SMILES string of the molecule is CC(C)c1ccccc1Nc1ccc(C(=O)NCc2ccc3c(c2)OCO3)nn1. The van der Waals surface area contributed by atoms with E-state index in [1.165, 1.54) is 5.56 Å². The van der Waals surface area contributed by atoms with Crippen LogP contribution >= 0.6 is 0 Å². The van der Waals surface area contributed by atoms with Crippen molar-refractivity contribution in [2.24, 2.45) is 0 Å². The molecule has 0 radical (unpaired) electrons. The summed E-state index contributed by atoms with van der Waals surface area (Å²) in [5.74, 6) is 2.09. The number of carbonyl (C=O) groups is 1. The molecule has 7 nitrogen and oxygen atoms in total. The summed E-state index contributed by atoms with van der Waals surface area (Å²) in [6.45, 7) is 4.86. The van der Waals surface area contributed by atoms with E-state index in [2.05, 4.69) is 40.7 Å². The summed E-state index contributed by atoms with van der Waals surface area (Å²) < 4.78 is 10.6. The smallest absolute Gasteiger partial charge is 0.272 e. The molecule has 0 saturated heterocycles. The molecule has 0 bridgehead atoms. The van der Waals surface area contributed by atoms with E-state index in [-0.39, 0.29) is 18.4 Å². The van der Waals surface area contributed by atoms with E-state index in [1.54, 1.807) is 12.1 Å². The molecule has 3 aromatic rings. The second kappa shape index (κ2) is 8.18. The molecule has 0 atom stereocenters. The summed E-state index contributed by atoms with van der Waals surface area (Å²) in [5.41, 5.74) is 3.35. The van der Waals surface area contributed by atoms with Crippen LogP contribution in [0.15, 0.2) is 54.6 Å². The Kier molecular flexibility index (Phi) is 5.29. The van der Waals surface area contributed by atoms with Crippen LogP contribution in [0.25, 0.3) is 0 Å². The lowest BCUT2D eigenvalue weighted by Crippen LogP contribution is -2.24. The molecule has 2 aromatic carbocycles. The second-order valence-corrected chi connectivity index (χ2v) is 7.04. The van der Waals surface area contributed by atoms with Crippen LogP contribution < -0.4 is 20.1 Å². The number of hydrogen-bond donors (Lipinski definition) is 2. The van der Waals surface area contributed by atoms with Crippen molar-refractivity contribution in [3.8, 4) is 11.5 Å². The van der Waals surface area contributed by atoms with Gasteiger partial charge in [0.25, 0.3) is 5.91 Å². The van der Waals surface area contributed by atoms with Crippen molar-refractivity contribution in [1.82, 2.24) is 15.5 Å². The molecular weight excluding hydrogens is 368 g/mol. The van der Waals surface area contributed by atoms with Crippen LogP contribution in [0.2, 0.25) is 0 Å². The van der Waals surface area contributed by atoms with E-state index >= 15 is 0 Å². The number of fused-ring (bicyclic) bond motifs is 1. The zero-order valence-corrected chi connectivity index (χ0v) is 16.3.